The minimum Gasteiger partial charge on any atom is -0.497 e. The third kappa shape index (κ3) is 3.61. The fourth-order valence-electron chi connectivity index (χ4n) is 4.01. The van der Waals surface area contributed by atoms with Crippen LogP contribution >= 0.6 is 0 Å². The lowest BCUT2D eigenvalue weighted by Gasteiger charge is -2.26. The molecule has 1 N–H and O–H groups in total. The van der Waals surface area contributed by atoms with E-state index in [1.54, 1.807) is 7.11 Å². The maximum atomic E-state index is 11.8. The number of fused-ring (bicyclic) bond motifs is 1. The van der Waals surface area contributed by atoms with E-state index < -0.39 is 0 Å². The number of rotatable bonds is 5. The number of carbonyl (C=O) groups is 1. The van der Waals surface area contributed by atoms with Gasteiger partial charge in [-0.15, -0.1) is 0 Å². The number of benzene rings is 2. The third-order valence-corrected chi connectivity index (χ3v) is 5.56. The lowest BCUT2D eigenvalue weighted by molar-refractivity contribution is -0.117. The Morgan fingerprint density at radius 1 is 1.12 bits per heavy atom. The van der Waals surface area contributed by atoms with Gasteiger partial charge in [0.25, 0.3) is 0 Å². The molecule has 1 heterocycles. The molecule has 1 aliphatic heterocycles. The van der Waals surface area contributed by atoms with Crippen molar-refractivity contribution >= 4 is 11.6 Å². The number of amides is 1. The molecule has 1 saturated heterocycles. The van der Waals surface area contributed by atoms with E-state index in [0.717, 1.165) is 50.2 Å². The Morgan fingerprint density at radius 2 is 1.96 bits per heavy atom. The summed E-state index contributed by atoms with van der Waals surface area (Å²) in [5, 5.41) is 3.69. The molecule has 26 heavy (non-hydrogen) atoms. The van der Waals surface area contributed by atoms with Crippen LogP contribution in [0.3, 0.4) is 0 Å². The molecule has 136 valence electrons. The second kappa shape index (κ2) is 7.50. The molecule has 4 rings (SSSR count). The zero-order valence-electron chi connectivity index (χ0n) is 15.3. The molecule has 2 aliphatic rings. The monoisotopic (exact) mass is 350 g/mol. The van der Waals surface area contributed by atoms with Crippen LogP contribution in [-0.4, -0.2) is 25.6 Å². The van der Waals surface area contributed by atoms with Gasteiger partial charge in [-0.3, -0.25) is 4.79 Å². The first kappa shape index (κ1) is 17.1. The zero-order chi connectivity index (χ0) is 17.9. The predicted octanol–water partition coefficient (Wildman–Crippen LogP) is 3.47. The lowest BCUT2D eigenvalue weighted by Crippen LogP contribution is -2.34. The summed E-state index contributed by atoms with van der Waals surface area (Å²) in [6.07, 6.45) is 4.97. The standard InChI is InChI=1S/C22H26N2O2/c1-26-21-11-7-17-13-19(8-6-18(17)14-21)23-15-16-4-9-20(10-5-16)24-12-2-3-22(24)25/h4-5,7,9-11,14,19,23H,2-3,6,8,12-13,15H2,1H3/t19-/m0/s1. The van der Waals surface area contributed by atoms with E-state index in [1.165, 1.54) is 16.7 Å². The Balaban J connectivity index is 1.33. The highest BCUT2D eigenvalue weighted by molar-refractivity contribution is 5.95. The topological polar surface area (TPSA) is 41.6 Å². The van der Waals surface area contributed by atoms with Crippen LogP contribution in [0.1, 0.15) is 36.0 Å². The van der Waals surface area contributed by atoms with Gasteiger partial charge in [0.05, 0.1) is 7.11 Å². The van der Waals surface area contributed by atoms with Crippen molar-refractivity contribution in [3.05, 3.63) is 59.2 Å². The van der Waals surface area contributed by atoms with Crippen molar-refractivity contribution in [3.63, 3.8) is 0 Å². The van der Waals surface area contributed by atoms with E-state index in [4.69, 9.17) is 4.74 Å². The Kier molecular flexibility index (Phi) is 4.93. The van der Waals surface area contributed by atoms with E-state index in [0.29, 0.717) is 12.5 Å². The largest absolute Gasteiger partial charge is 0.497 e. The first-order valence-corrected chi connectivity index (χ1v) is 9.51. The van der Waals surface area contributed by atoms with Crippen molar-refractivity contribution < 1.29 is 9.53 Å². The van der Waals surface area contributed by atoms with Gasteiger partial charge in [-0.05, 0) is 66.6 Å². The van der Waals surface area contributed by atoms with Gasteiger partial charge >= 0.3 is 0 Å². The molecule has 2 aromatic rings. The molecular formula is C22H26N2O2. The van der Waals surface area contributed by atoms with Crippen LogP contribution in [0.15, 0.2) is 42.5 Å². The third-order valence-electron chi connectivity index (χ3n) is 5.56. The summed E-state index contributed by atoms with van der Waals surface area (Å²) in [7, 11) is 1.72. The fraction of sp³-hybridized carbons (Fsp3) is 0.409. The number of anilines is 1. The molecule has 0 spiro atoms. The van der Waals surface area contributed by atoms with Crippen LogP contribution in [0, 0.1) is 0 Å². The Morgan fingerprint density at radius 3 is 2.69 bits per heavy atom. The molecule has 0 bridgehead atoms. The van der Waals surface area contributed by atoms with Crippen molar-refractivity contribution in [2.24, 2.45) is 0 Å². The molecule has 0 saturated carbocycles. The van der Waals surface area contributed by atoms with Gasteiger partial charge < -0.3 is 15.0 Å². The van der Waals surface area contributed by atoms with Gasteiger partial charge in [0.2, 0.25) is 5.91 Å². The number of nitrogens with zero attached hydrogens (tertiary/aromatic N) is 1. The van der Waals surface area contributed by atoms with E-state index in [2.05, 4.69) is 47.8 Å². The molecule has 0 aromatic heterocycles. The maximum absolute atomic E-state index is 11.8. The molecule has 1 atom stereocenters. The van der Waals surface area contributed by atoms with Crippen LogP contribution in [0.25, 0.3) is 0 Å². The van der Waals surface area contributed by atoms with E-state index >= 15 is 0 Å². The summed E-state index contributed by atoms with van der Waals surface area (Å²) >= 11 is 0. The smallest absolute Gasteiger partial charge is 0.227 e. The minimum absolute atomic E-state index is 0.244. The molecule has 2 aromatic carbocycles. The number of aryl methyl sites for hydroxylation is 1. The van der Waals surface area contributed by atoms with Crippen molar-refractivity contribution in [2.75, 3.05) is 18.6 Å². The summed E-state index contributed by atoms with van der Waals surface area (Å²) in [6, 6.07) is 15.3. The molecule has 0 unspecified atom stereocenters. The predicted molar refractivity (Wildman–Crippen MR) is 104 cm³/mol. The number of hydrogen-bond donors (Lipinski definition) is 1. The molecular weight excluding hydrogens is 324 g/mol. The highest BCUT2D eigenvalue weighted by Crippen LogP contribution is 2.26. The van der Waals surface area contributed by atoms with Gasteiger partial charge in [-0.1, -0.05) is 18.2 Å². The highest BCUT2D eigenvalue weighted by Gasteiger charge is 2.22. The highest BCUT2D eigenvalue weighted by atomic mass is 16.5. The number of methoxy groups -OCH3 is 1. The first-order chi connectivity index (χ1) is 12.7. The normalized spacial score (nSPS) is 19.5. The SMILES string of the molecule is COc1ccc2c(c1)CC[C@H](NCc1ccc(N3CCCC3=O)cc1)C2. The number of hydrogen-bond acceptors (Lipinski definition) is 3. The van der Waals surface area contributed by atoms with Crippen molar-refractivity contribution in [2.45, 2.75) is 44.7 Å². The molecule has 1 fully saturated rings. The average Bonchev–Trinajstić information content (AvgIpc) is 3.12. The van der Waals surface area contributed by atoms with Gasteiger partial charge in [-0.25, -0.2) is 0 Å². The maximum Gasteiger partial charge on any atom is 0.227 e. The van der Waals surface area contributed by atoms with E-state index in [9.17, 15) is 4.79 Å². The summed E-state index contributed by atoms with van der Waals surface area (Å²) in [5.41, 5.74) is 5.14. The number of nitrogens with one attached hydrogen (secondary N) is 1. The zero-order valence-corrected chi connectivity index (χ0v) is 15.3. The van der Waals surface area contributed by atoms with Crippen molar-refractivity contribution in [1.29, 1.82) is 0 Å². The second-order valence-electron chi connectivity index (χ2n) is 7.27. The summed E-state index contributed by atoms with van der Waals surface area (Å²) in [6.45, 7) is 1.72. The van der Waals surface area contributed by atoms with Crippen LogP contribution in [-0.2, 0) is 24.2 Å². The first-order valence-electron chi connectivity index (χ1n) is 9.51. The van der Waals surface area contributed by atoms with E-state index in [-0.39, 0.29) is 5.91 Å². The summed E-state index contributed by atoms with van der Waals surface area (Å²) in [4.78, 5) is 13.7. The Hall–Kier alpha value is -2.33. The van der Waals surface area contributed by atoms with Crippen molar-refractivity contribution in [3.8, 4) is 5.75 Å². The van der Waals surface area contributed by atoms with Crippen LogP contribution in [0.5, 0.6) is 5.75 Å². The second-order valence-corrected chi connectivity index (χ2v) is 7.27. The molecule has 1 aliphatic carbocycles. The molecule has 4 heteroatoms. The van der Waals surface area contributed by atoms with Gasteiger partial charge in [-0.2, -0.15) is 0 Å². The Bertz CT molecular complexity index is 785. The molecule has 4 nitrogen and oxygen atoms in total. The average molecular weight is 350 g/mol. The number of carbonyl (C=O) groups excluding carboxylic acids is 1. The van der Waals surface area contributed by atoms with Crippen LogP contribution in [0.2, 0.25) is 0 Å². The quantitative estimate of drug-likeness (QED) is 0.898. The fourth-order valence-corrected chi connectivity index (χ4v) is 4.01. The van der Waals surface area contributed by atoms with Crippen LogP contribution < -0.4 is 15.0 Å². The summed E-state index contributed by atoms with van der Waals surface area (Å²) < 4.78 is 5.33. The van der Waals surface area contributed by atoms with Crippen molar-refractivity contribution in [1.82, 2.24) is 5.32 Å². The van der Waals surface area contributed by atoms with Gasteiger partial charge in [0.15, 0.2) is 0 Å². The number of ether oxygens (including phenoxy) is 1. The molecule has 0 radical (unpaired) electrons. The minimum atomic E-state index is 0.244. The lowest BCUT2D eigenvalue weighted by atomic mass is 9.88. The van der Waals surface area contributed by atoms with Gasteiger partial charge in [0, 0.05) is 31.2 Å². The summed E-state index contributed by atoms with van der Waals surface area (Å²) in [5.74, 6) is 1.19. The van der Waals surface area contributed by atoms with E-state index in [1.807, 2.05) is 4.90 Å². The Labute approximate surface area is 155 Å². The van der Waals surface area contributed by atoms with Gasteiger partial charge in [0.1, 0.15) is 5.75 Å². The molecule has 1 amide bonds. The van der Waals surface area contributed by atoms with Crippen LogP contribution in [0.4, 0.5) is 5.69 Å².